The highest BCUT2D eigenvalue weighted by molar-refractivity contribution is 6.05. The number of likely N-dealkylation sites (N-methyl/N-ethyl adjacent to an activating group) is 1. The summed E-state index contributed by atoms with van der Waals surface area (Å²) in [5.41, 5.74) is 5.63. The monoisotopic (exact) mass is 633 g/mol. The number of aromatic nitrogens is 2. The smallest absolute Gasteiger partial charge is 0.293 e. The summed E-state index contributed by atoms with van der Waals surface area (Å²) in [6.07, 6.45) is 5.37. The average Bonchev–Trinajstić information content (AvgIpc) is 3.11. The number of hydrogen-bond donors (Lipinski definition) is 2. The minimum atomic E-state index is -0.280. The molecule has 0 spiro atoms. The Hall–Kier alpha value is -4.96. The predicted octanol–water partition coefficient (Wildman–Crippen LogP) is 5.52. The molecule has 1 aromatic heterocycles. The van der Waals surface area contributed by atoms with E-state index in [1.807, 2.05) is 54.3 Å². The van der Waals surface area contributed by atoms with Crippen molar-refractivity contribution in [1.29, 1.82) is 0 Å². The fourth-order valence-corrected chi connectivity index (χ4v) is 6.32. The van der Waals surface area contributed by atoms with Crippen molar-refractivity contribution in [2.24, 2.45) is 7.05 Å². The second-order valence-electron chi connectivity index (χ2n) is 12.3. The number of piperazine rings is 1. The van der Waals surface area contributed by atoms with Crippen LogP contribution in [0.15, 0.2) is 77.7 Å². The molecule has 3 aromatic carbocycles. The highest BCUT2D eigenvalue weighted by Gasteiger charge is 2.21. The molecule has 2 aliphatic heterocycles. The van der Waals surface area contributed by atoms with Crippen LogP contribution in [0.3, 0.4) is 0 Å². The van der Waals surface area contributed by atoms with Crippen molar-refractivity contribution in [3.8, 4) is 11.3 Å². The Morgan fingerprint density at radius 1 is 0.830 bits per heavy atom. The molecule has 2 amide bonds. The highest BCUT2D eigenvalue weighted by atomic mass is 16.2. The van der Waals surface area contributed by atoms with Crippen LogP contribution in [0.2, 0.25) is 0 Å². The van der Waals surface area contributed by atoms with Gasteiger partial charge in [-0.2, -0.15) is 0 Å². The van der Waals surface area contributed by atoms with E-state index in [0.717, 1.165) is 62.6 Å². The summed E-state index contributed by atoms with van der Waals surface area (Å²) >= 11 is 0. The van der Waals surface area contributed by atoms with E-state index in [2.05, 4.69) is 27.4 Å². The Balaban J connectivity index is 1.16. The number of hydrogen-bond acceptors (Lipinski definition) is 7. The van der Waals surface area contributed by atoms with Crippen LogP contribution in [-0.2, 0) is 7.05 Å². The number of piperidine rings is 1. The van der Waals surface area contributed by atoms with E-state index in [-0.39, 0.29) is 23.2 Å². The van der Waals surface area contributed by atoms with Gasteiger partial charge < -0.3 is 29.9 Å². The Kier molecular flexibility index (Phi) is 9.68. The largest absolute Gasteiger partial charge is 0.372 e. The van der Waals surface area contributed by atoms with Crippen LogP contribution in [-0.4, -0.2) is 77.0 Å². The Morgan fingerprint density at radius 2 is 1.51 bits per heavy atom. The van der Waals surface area contributed by atoms with Gasteiger partial charge in [0, 0.05) is 86.3 Å². The lowest BCUT2D eigenvalue weighted by atomic mass is 10.0. The SMILES string of the molecule is CCN1CCN(C(=O)c2ccc(Nc3nc(-c4cccc(NC(=O)c5ccc(N6CCCCC6)cc5)c4C)cn(C)c3=O)cc2)CC1. The topological polar surface area (TPSA) is 103 Å². The molecule has 2 N–H and O–H groups in total. The van der Waals surface area contributed by atoms with Gasteiger partial charge in [-0.15, -0.1) is 0 Å². The molecule has 2 saturated heterocycles. The number of anilines is 4. The number of benzene rings is 3. The molecular formula is C37H43N7O3. The van der Waals surface area contributed by atoms with Gasteiger partial charge in [-0.1, -0.05) is 19.1 Å². The maximum Gasteiger partial charge on any atom is 0.293 e. The zero-order valence-corrected chi connectivity index (χ0v) is 27.5. The fraction of sp³-hybridized carbons (Fsp3) is 0.351. The molecule has 10 heteroatoms. The molecule has 3 heterocycles. The van der Waals surface area contributed by atoms with Gasteiger partial charge in [0.1, 0.15) is 0 Å². The van der Waals surface area contributed by atoms with E-state index in [0.29, 0.717) is 28.2 Å². The first-order valence-electron chi connectivity index (χ1n) is 16.5. The molecular weight excluding hydrogens is 590 g/mol. The van der Waals surface area contributed by atoms with Crippen LogP contribution in [0.1, 0.15) is 52.5 Å². The summed E-state index contributed by atoms with van der Waals surface area (Å²) < 4.78 is 1.49. The number of carbonyl (C=O) groups excluding carboxylic acids is 2. The molecule has 2 fully saturated rings. The van der Waals surface area contributed by atoms with Crippen LogP contribution < -0.4 is 21.1 Å². The average molecular weight is 634 g/mol. The lowest BCUT2D eigenvalue weighted by Gasteiger charge is -2.34. The molecule has 0 aliphatic carbocycles. The van der Waals surface area contributed by atoms with Crippen LogP contribution in [0.4, 0.5) is 22.9 Å². The third kappa shape index (κ3) is 7.23. The van der Waals surface area contributed by atoms with Crippen LogP contribution in [0, 0.1) is 6.92 Å². The lowest BCUT2D eigenvalue weighted by Crippen LogP contribution is -2.48. The number of aryl methyl sites for hydroxylation is 1. The van der Waals surface area contributed by atoms with Crippen molar-refractivity contribution in [1.82, 2.24) is 19.4 Å². The predicted molar refractivity (Wildman–Crippen MR) is 188 cm³/mol. The maximum absolute atomic E-state index is 13.2. The third-order valence-corrected chi connectivity index (χ3v) is 9.28. The standard InChI is InChI=1S/C37H43N7O3/c1-4-42-21-23-44(24-22-42)36(46)28-11-15-29(16-12-28)38-34-37(47)41(3)25-33(39-34)31-9-8-10-32(26(31)2)40-35(45)27-13-17-30(18-14-27)43-19-6-5-7-20-43/h8-18,25H,4-7,19-24H2,1-3H3,(H,38,39)(H,40,45). The van der Waals surface area contributed by atoms with Gasteiger partial charge >= 0.3 is 0 Å². The number of amides is 2. The first-order chi connectivity index (χ1) is 22.8. The molecule has 10 nitrogen and oxygen atoms in total. The number of nitrogens with one attached hydrogen (secondary N) is 2. The summed E-state index contributed by atoms with van der Waals surface area (Å²) in [5.74, 6) is -0.000908. The van der Waals surface area contributed by atoms with Crippen molar-refractivity contribution in [3.05, 3.63) is 100.0 Å². The Bertz CT molecular complexity index is 1790. The van der Waals surface area contributed by atoms with E-state index in [1.54, 1.807) is 37.5 Å². The van der Waals surface area contributed by atoms with Gasteiger partial charge in [0.2, 0.25) is 0 Å². The summed E-state index contributed by atoms with van der Waals surface area (Å²) in [7, 11) is 1.69. The Morgan fingerprint density at radius 3 is 2.19 bits per heavy atom. The quantitative estimate of drug-likeness (QED) is 0.264. The van der Waals surface area contributed by atoms with Gasteiger partial charge in [0.05, 0.1) is 5.69 Å². The molecule has 0 unspecified atom stereocenters. The number of carbonyl (C=O) groups is 2. The Labute approximate surface area is 276 Å². The van der Waals surface area contributed by atoms with Gasteiger partial charge in [0.25, 0.3) is 17.4 Å². The summed E-state index contributed by atoms with van der Waals surface area (Å²) in [4.78, 5) is 50.6. The van der Waals surface area contributed by atoms with Crippen molar-refractivity contribution < 1.29 is 9.59 Å². The summed E-state index contributed by atoms with van der Waals surface area (Å²) in [5, 5.41) is 6.21. The van der Waals surface area contributed by atoms with Gasteiger partial charge in [-0.3, -0.25) is 14.4 Å². The minimum absolute atomic E-state index is 0.0141. The summed E-state index contributed by atoms with van der Waals surface area (Å²) in [6, 6.07) is 20.6. The molecule has 6 rings (SSSR count). The zero-order chi connectivity index (χ0) is 32.9. The van der Waals surface area contributed by atoms with Crippen molar-refractivity contribution in [2.45, 2.75) is 33.1 Å². The molecule has 0 radical (unpaired) electrons. The van der Waals surface area contributed by atoms with E-state index >= 15 is 0 Å². The molecule has 47 heavy (non-hydrogen) atoms. The van der Waals surface area contributed by atoms with Gasteiger partial charge in [0.15, 0.2) is 5.82 Å². The normalized spacial score (nSPS) is 15.4. The molecule has 0 bridgehead atoms. The highest BCUT2D eigenvalue weighted by Crippen LogP contribution is 2.29. The van der Waals surface area contributed by atoms with Crippen molar-refractivity contribution in [3.63, 3.8) is 0 Å². The maximum atomic E-state index is 13.2. The first-order valence-corrected chi connectivity index (χ1v) is 16.5. The second-order valence-corrected chi connectivity index (χ2v) is 12.3. The van der Waals surface area contributed by atoms with E-state index in [1.165, 1.54) is 23.8 Å². The molecule has 244 valence electrons. The van der Waals surface area contributed by atoms with Crippen LogP contribution in [0.25, 0.3) is 11.3 Å². The first kappa shape index (κ1) is 32.0. The molecule has 0 saturated carbocycles. The second kappa shape index (κ2) is 14.2. The molecule has 4 aromatic rings. The molecule has 2 aliphatic rings. The van der Waals surface area contributed by atoms with Crippen LogP contribution in [0.5, 0.6) is 0 Å². The van der Waals surface area contributed by atoms with Crippen molar-refractivity contribution >= 4 is 34.7 Å². The van der Waals surface area contributed by atoms with E-state index in [4.69, 9.17) is 4.98 Å². The minimum Gasteiger partial charge on any atom is -0.372 e. The molecule has 0 atom stereocenters. The van der Waals surface area contributed by atoms with Crippen molar-refractivity contribution in [2.75, 3.05) is 61.3 Å². The lowest BCUT2D eigenvalue weighted by molar-refractivity contribution is 0.0643. The van der Waals surface area contributed by atoms with E-state index < -0.39 is 0 Å². The number of rotatable bonds is 8. The number of nitrogens with zero attached hydrogens (tertiary/aromatic N) is 5. The van der Waals surface area contributed by atoms with Gasteiger partial charge in [-0.05, 0) is 92.9 Å². The van der Waals surface area contributed by atoms with E-state index in [9.17, 15) is 14.4 Å². The zero-order valence-electron chi connectivity index (χ0n) is 27.5. The summed E-state index contributed by atoms with van der Waals surface area (Å²) in [6.45, 7) is 10.4. The third-order valence-electron chi connectivity index (χ3n) is 9.28. The van der Waals surface area contributed by atoms with Crippen LogP contribution >= 0.6 is 0 Å². The van der Waals surface area contributed by atoms with Gasteiger partial charge in [-0.25, -0.2) is 4.98 Å². The fourth-order valence-electron chi connectivity index (χ4n) is 6.32.